The Labute approximate surface area is 204 Å². The molecule has 0 bridgehead atoms. The van der Waals surface area contributed by atoms with Crippen LogP contribution in [0.1, 0.15) is 23.9 Å². The summed E-state index contributed by atoms with van der Waals surface area (Å²) in [6, 6.07) is 6.87. The summed E-state index contributed by atoms with van der Waals surface area (Å²) in [5.74, 6) is 4.63. The number of nitrogens with two attached hydrogens (primary N) is 1. The van der Waals surface area contributed by atoms with Gasteiger partial charge < -0.3 is 9.67 Å². The first-order chi connectivity index (χ1) is 16.9. The largest absolute Gasteiger partial charge is 0.416 e. The topological polar surface area (TPSA) is 94.4 Å². The number of rotatable bonds is 7. The molecular formula is C24H25F5N6O. The van der Waals surface area contributed by atoms with Crippen LogP contribution in [0, 0.1) is 17.0 Å². The minimum atomic E-state index is -4.43. The molecule has 0 saturated heterocycles. The second-order valence-corrected chi connectivity index (χ2v) is 8.81. The molecule has 1 aliphatic rings. The van der Waals surface area contributed by atoms with Crippen LogP contribution in [0.4, 0.5) is 22.0 Å². The molecule has 36 heavy (non-hydrogen) atoms. The van der Waals surface area contributed by atoms with Gasteiger partial charge in [0.1, 0.15) is 23.1 Å². The van der Waals surface area contributed by atoms with E-state index < -0.39 is 35.0 Å². The molecular weight excluding hydrogens is 483 g/mol. The first-order valence-corrected chi connectivity index (χ1v) is 11.1. The zero-order valence-electron chi connectivity index (χ0n) is 19.3. The summed E-state index contributed by atoms with van der Waals surface area (Å²) in [5, 5.41) is 19.9. The number of halogens is 5. The standard InChI is InChI=1S/C24H25F5N6O/c1-15(23(36,13-35(31)14-30)19-7-6-18(25)10-20(19)26)33-8-9-34-11-21(32-22(34)12-33)16-2-4-17(5-3-16)24(27,28)29/h2-7,10-11,14-15,30,36H,8-9,12-13,31H2,1H3/t15-,23-/m1/s1. The number of hydrogen-bond acceptors (Lipinski definition) is 5. The van der Waals surface area contributed by atoms with E-state index in [1.807, 2.05) is 9.47 Å². The van der Waals surface area contributed by atoms with Crippen molar-refractivity contribution in [1.82, 2.24) is 19.5 Å². The van der Waals surface area contributed by atoms with Crippen LogP contribution < -0.4 is 5.84 Å². The molecule has 2 aromatic carbocycles. The lowest BCUT2D eigenvalue weighted by Crippen LogP contribution is -2.57. The lowest BCUT2D eigenvalue weighted by molar-refractivity contribution is -0.137. The van der Waals surface area contributed by atoms with E-state index in [0.29, 0.717) is 36.2 Å². The highest BCUT2D eigenvalue weighted by Gasteiger charge is 2.43. The predicted molar refractivity (Wildman–Crippen MR) is 122 cm³/mol. The van der Waals surface area contributed by atoms with Gasteiger partial charge in [0.05, 0.1) is 30.7 Å². The molecule has 4 rings (SSSR count). The Morgan fingerprint density at radius 2 is 1.86 bits per heavy atom. The number of benzene rings is 2. The molecule has 0 amide bonds. The Morgan fingerprint density at radius 3 is 2.47 bits per heavy atom. The number of imidazole rings is 1. The van der Waals surface area contributed by atoms with Gasteiger partial charge in [0.15, 0.2) is 0 Å². The molecule has 0 aliphatic carbocycles. The van der Waals surface area contributed by atoms with E-state index in [2.05, 4.69) is 4.98 Å². The number of alkyl halides is 3. The lowest BCUT2D eigenvalue weighted by atomic mass is 9.85. The number of hydrazine groups is 1. The minimum absolute atomic E-state index is 0.159. The molecule has 4 N–H and O–H groups in total. The van der Waals surface area contributed by atoms with Crippen LogP contribution in [-0.2, 0) is 24.9 Å². The summed E-state index contributed by atoms with van der Waals surface area (Å²) in [4.78, 5) is 6.43. The van der Waals surface area contributed by atoms with Gasteiger partial charge >= 0.3 is 6.18 Å². The summed E-state index contributed by atoms with van der Waals surface area (Å²) in [6.07, 6.45) is -1.89. The fourth-order valence-corrected chi connectivity index (χ4v) is 4.48. The monoisotopic (exact) mass is 508 g/mol. The van der Waals surface area contributed by atoms with E-state index in [9.17, 15) is 27.1 Å². The number of fused-ring (bicyclic) bond motifs is 1. The van der Waals surface area contributed by atoms with Crippen molar-refractivity contribution in [2.75, 3.05) is 13.1 Å². The Hall–Kier alpha value is -3.35. The molecule has 1 aliphatic heterocycles. The van der Waals surface area contributed by atoms with Gasteiger partial charge in [0.2, 0.25) is 0 Å². The highest BCUT2D eigenvalue weighted by Crippen LogP contribution is 2.34. The Kier molecular flexibility index (Phi) is 6.86. The van der Waals surface area contributed by atoms with Crippen LogP contribution >= 0.6 is 0 Å². The molecule has 0 radical (unpaired) electrons. The van der Waals surface area contributed by atoms with E-state index in [4.69, 9.17) is 11.3 Å². The normalized spacial score (nSPS) is 16.8. The van der Waals surface area contributed by atoms with Crippen LogP contribution in [-0.4, -0.2) is 50.0 Å². The molecule has 192 valence electrons. The molecule has 1 aromatic heterocycles. The molecule has 2 atom stereocenters. The van der Waals surface area contributed by atoms with Gasteiger partial charge in [-0.1, -0.05) is 18.2 Å². The van der Waals surface area contributed by atoms with Gasteiger partial charge in [-0.05, 0) is 25.1 Å². The molecule has 0 saturated carbocycles. The van der Waals surface area contributed by atoms with Gasteiger partial charge in [-0.3, -0.25) is 15.3 Å². The van der Waals surface area contributed by atoms with E-state index in [1.165, 1.54) is 12.1 Å². The fourth-order valence-electron chi connectivity index (χ4n) is 4.48. The minimum Gasteiger partial charge on any atom is -0.381 e. The SMILES string of the molecule is C[C@@H](N1CCn2cc(-c3ccc(C(F)(F)F)cc3)nc2C1)[C@](O)(CN(N)C=N)c1ccc(F)cc1F. The maximum Gasteiger partial charge on any atom is 0.416 e. The fraction of sp³-hybridized carbons (Fsp3) is 0.333. The molecule has 0 unspecified atom stereocenters. The van der Waals surface area contributed by atoms with E-state index in [1.54, 1.807) is 13.1 Å². The van der Waals surface area contributed by atoms with Crippen molar-refractivity contribution < 1.29 is 27.1 Å². The number of aliphatic hydroxyl groups is 1. The number of nitrogens with one attached hydrogen (secondary N) is 1. The molecule has 7 nitrogen and oxygen atoms in total. The van der Waals surface area contributed by atoms with Crippen molar-refractivity contribution in [3.63, 3.8) is 0 Å². The third-order valence-electron chi connectivity index (χ3n) is 6.57. The lowest BCUT2D eigenvalue weighted by Gasteiger charge is -2.43. The van der Waals surface area contributed by atoms with Gasteiger partial charge in [-0.15, -0.1) is 0 Å². The number of aromatic nitrogens is 2. The van der Waals surface area contributed by atoms with E-state index >= 15 is 0 Å². The third kappa shape index (κ3) is 4.97. The summed E-state index contributed by atoms with van der Waals surface area (Å²) in [6.45, 7) is 2.50. The molecule has 0 fully saturated rings. The average Bonchev–Trinajstić information content (AvgIpc) is 3.26. The van der Waals surface area contributed by atoms with Crippen molar-refractivity contribution in [2.24, 2.45) is 5.84 Å². The van der Waals surface area contributed by atoms with Gasteiger partial charge in [0, 0.05) is 42.5 Å². The number of hydrogen-bond donors (Lipinski definition) is 3. The first kappa shape index (κ1) is 25.7. The second kappa shape index (κ2) is 9.60. The smallest absolute Gasteiger partial charge is 0.381 e. The Balaban J connectivity index is 1.61. The Bertz CT molecular complexity index is 1240. The quantitative estimate of drug-likeness (QED) is 0.149. The van der Waals surface area contributed by atoms with Crippen molar-refractivity contribution in [3.05, 3.63) is 77.2 Å². The highest BCUT2D eigenvalue weighted by molar-refractivity contribution is 5.59. The zero-order valence-corrected chi connectivity index (χ0v) is 19.3. The van der Waals surface area contributed by atoms with Crippen LogP contribution in [0.25, 0.3) is 11.3 Å². The van der Waals surface area contributed by atoms with Crippen molar-refractivity contribution in [1.29, 1.82) is 5.41 Å². The van der Waals surface area contributed by atoms with Crippen LogP contribution in [0.5, 0.6) is 0 Å². The zero-order chi connectivity index (χ0) is 26.3. The summed E-state index contributed by atoms with van der Waals surface area (Å²) >= 11 is 0. The molecule has 12 heteroatoms. The average molecular weight is 508 g/mol. The van der Waals surface area contributed by atoms with Crippen LogP contribution in [0.15, 0.2) is 48.7 Å². The maximum absolute atomic E-state index is 14.7. The third-order valence-corrected chi connectivity index (χ3v) is 6.57. The maximum atomic E-state index is 14.7. The van der Waals surface area contributed by atoms with E-state index in [0.717, 1.165) is 35.6 Å². The molecule has 0 spiro atoms. The first-order valence-electron chi connectivity index (χ1n) is 11.1. The highest BCUT2D eigenvalue weighted by atomic mass is 19.4. The van der Waals surface area contributed by atoms with E-state index in [-0.39, 0.29) is 18.7 Å². The number of nitrogens with zero attached hydrogens (tertiary/aromatic N) is 4. The Morgan fingerprint density at radius 1 is 1.17 bits per heavy atom. The summed E-state index contributed by atoms with van der Waals surface area (Å²) < 4.78 is 68.8. The van der Waals surface area contributed by atoms with Crippen molar-refractivity contribution >= 4 is 6.34 Å². The summed E-state index contributed by atoms with van der Waals surface area (Å²) in [7, 11) is 0. The molecule has 3 aromatic rings. The van der Waals surface area contributed by atoms with Crippen molar-refractivity contribution in [3.8, 4) is 11.3 Å². The predicted octanol–water partition coefficient (Wildman–Crippen LogP) is 3.72. The van der Waals surface area contributed by atoms with Crippen LogP contribution in [0.2, 0.25) is 0 Å². The summed E-state index contributed by atoms with van der Waals surface area (Å²) in [5.41, 5.74) is -1.78. The van der Waals surface area contributed by atoms with Gasteiger partial charge in [0.25, 0.3) is 0 Å². The van der Waals surface area contributed by atoms with Gasteiger partial charge in [-0.25, -0.2) is 19.6 Å². The van der Waals surface area contributed by atoms with Crippen molar-refractivity contribution in [2.45, 2.75) is 37.8 Å². The second-order valence-electron chi connectivity index (χ2n) is 8.81. The molecule has 2 heterocycles. The van der Waals surface area contributed by atoms with Crippen LogP contribution in [0.3, 0.4) is 0 Å². The van der Waals surface area contributed by atoms with Gasteiger partial charge in [-0.2, -0.15) is 13.2 Å².